The number of benzene rings is 1. The number of aryl methyl sites for hydroxylation is 1. The number of hydrogen-bond donors (Lipinski definition) is 1. The van der Waals surface area contributed by atoms with Crippen molar-refractivity contribution >= 4 is 40.3 Å². The first-order chi connectivity index (χ1) is 13.4. The molecule has 0 aliphatic rings. The number of fused-ring (bicyclic) bond motifs is 1. The molecule has 150 valence electrons. The van der Waals surface area contributed by atoms with Gasteiger partial charge in [0, 0.05) is 50.0 Å². The van der Waals surface area contributed by atoms with Crippen molar-refractivity contribution in [3.8, 4) is 0 Å². The number of halogens is 2. The highest BCUT2D eigenvalue weighted by Gasteiger charge is 2.20. The van der Waals surface area contributed by atoms with E-state index in [1.54, 1.807) is 36.9 Å². The van der Waals surface area contributed by atoms with Crippen LogP contribution < -0.4 is 16.6 Å². The summed E-state index contributed by atoms with van der Waals surface area (Å²) < 4.78 is 9.18. The molecule has 8 nitrogen and oxygen atoms in total. The van der Waals surface area contributed by atoms with Crippen LogP contribution in [-0.2, 0) is 25.4 Å². The second-order valence-electron chi connectivity index (χ2n) is 6.37. The van der Waals surface area contributed by atoms with E-state index in [9.17, 15) is 9.59 Å². The molecule has 2 heterocycles. The van der Waals surface area contributed by atoms with E-state index in [0.717, 1.165) is 11.0 Å². The van der Waals surface area contributed by atoms with E-state index in [2.05, 4.69) is 10.3 Å². The van der Waals surface area contributed by atoms with Crippen LogP contribution in [-0.4, -0.2) is 38.9 Å². The molecule has 0 amide bonds. The SMILES string of the molecule is COCCCNc1nc2c(c(=O)n(C)c(=O)n2C)n1Cc1c(Cl)cccc1Cl. The number of aromatic nitrogens is 4. The van der Waals surface area contributed by atoms with Crippen molar-refractivity contribution in [2.75, 3.05) is 25.6 Å². The Morgan fingerprint density at radius 1 is 1.14 bits per heavy atom. The molecule has 28 heavy (non-hydrogen) atoms. The van der Waals surface area contributed by atoms with Crippen molar-refractivity contribution in [3.05, 3.63) is 54.6 Å². The number of ether oxygens (including phenoxy) is 1. The third-order valence-electron chi connectivity index (χ3n) is 4.53. The molecule has 0 saturated carbocycles. The van der Waals surface area contributed by atoms with Gasteiger partial charge >= 0.3 is 5.69 Å². The first kappa shape index (κ1) is 20.4. The van der Waals surface area contributed by atoms with Crippen LogP contribution >= 0.6 is 23.2 Å². The van der Waals surface area contributed by atoms with Crippen LogP contribution in [0.3, 0.4) is 0 Å². The molecule has 0 unspecified atom stereocenters. The monoisotopic (exact) mass is 425 g/mol. The van der Waals surface area contributed by atoms with Gasteiger partial charge < -0.3 is 10.1 Å². The van der Waals surface area contributed by atoms with Gasteiger partial charge in [-0.1, -0.05) is 29.3 Å². The van der Waals surface area contributed by atoms with E-state index < -0.39 is 11.2 Å². The molecule has 0 bridgehead atoms. The molecule has 0 aliphatic carbocycles. The summed E-state index contributed by atoms with van der Waals surface area (Å²) in [5.74, 6) is 0.459. The lowest BCUT2D eigenvalue weighted by atomic mass is 10.2. The smallest absolute Gasteiger partial charge is 0.332 e. The number of methoxy groups -OCH3 is 1. The molecule has 10 heteroatoms. The predicted octanol–water partition coefficient (Wildman–Crippen LogP) is 2.24. The second-order valence-corrected chi connectivity index (χ2v) is 7.19. The fourth-order valence-electron chi connectivity index (χ4n) is 2.99. The Balaban J connectivity index is 2.19. The van der Waals surface area contributed by atoms with Crippen LogP contribution in [0.25, 0.3) is 11.2 Å². The van der Waals surface area contributed by atoms with Gasteiger partial charge in [-0.3, -0.25) is 18.5 Å². The van der Waals surface area contributed by atoms with Crippen LogP contribution in [0, 0.1) is 0 Å². The molecule has 2 aromatic heterocycles. The highest BCUT2D eigenvalue weighted by Crippen LogP contribution is 2.27. The largest absolute Gasteiger partial charge is 0.385 e. The third-order valence-corrected chi connectivity index (χ3v) is 5.24. The van der Waals surface area contributed by atoms with Gasteiger partial charge in [-0.15, -0.1) is 0 Å². The fraction of sp³-hybridized carbons (Fsp3) is 0.389. The molecule has 1 aromatic carbocycles. The quantitative estimate of drug-likeness (QED) is 0.586. The van der Waals surface area contributed by atoms with Gasteiger partial charge in [0.2, 0.25) is 5.95 Å². The summed E-state index contributed by atoms with van der Waals surface area (Å²) in [5.41, 5.74) is 0.393. The maximum Gasteiger partial charge on any atom is 0.332 e. The van der Waals surface area contributed by atoms with Gasteiger partial charge in [-0.05, 0) is 18.6 Å². The molecule has 0 aliphatic heterocycles. The summed E-state index contributed by atoms with van der Waals surface area (Å²) in [6.45, 7) is 1.40. The van der Waals surface area contributed by atoms with Gasteiger partial charge in [0.25, 0.3) is 5.56 Å². The van der Waals surface area contributed by atoms with Crippen LogP contribution in [0.5, 0.6) is 0 Å². The minimum absolute atomic E-state index is 0.231. The zero-order chi connectivity index (χ0) is 20.4. The van der Waals surface area contributed by atoms with Crippen molar-refractivity contribution < 1.29 is 4.74 Å². The number of imidazole rings is 1. The van der Waals surface area contributed by atoms with Crippen molar-refractivity contribution in [2.24, 2.45) is 14.1 Å². The molecule has 0 saturated heterocycles. The summed E-state index contributed by atoms with van der Waals surface area (Å²) in [7, 11) is 4.66. The third kappa shape index (κ3) is 3.67. The van der Waals surface area contributed by atoms with Gasteiger partial charge in [-0.2, -0.15) is 4.98 Å². The van der Waals surface area contributed by atoms with E-state index in [0.29, 0.717) is 45.9 Å². The summed E-state index contributed by atoms with van der Waals surface area (Å²) in [6.07, 6.45) is 0.753. The number of anilines is 1. The average Bonchev–Trinajstić information content (AvgIpc) is 3.03. The fourth-order valence-corrected chi connectivity index (χ4v) is 3.51. The minimum Gasteiger partial charge on any atom is -0.385 e. The lowest BCUT2D eigenvalue weighted by Crippen LogP contribution is -2.37. The molecule has 0 radical (unpaired) electrons. The maximum atomic E-state index is 12.8. The second kappa shape index (κ2) is 8.38. The molecule has 0 fully saturated rings. The van der Waals surface area contributed by atoms with Crippen molar-refractivity contribution in [3.63, 3.8) is 0 Å². The Kier molecular flexibility index (Phi) is 6.12. The minimum atomic E-state index is -0.441. The molecule has 3 rings (SSSR count). The van der Waals surface area contributed by atoms with Crippen molar-refractivity contribution in [1.82, 2.24) is 18.7 Å². The molecular formula is C18H21Cl2N5O3. The summed E-state index contributed by atoms with van der Waals surface area (Å²) in [6, 6.07) is 5.23. The van der Waals surface area contributed by atoms with Gasteiger partial charge in [-0.25, -0.2) is 4.79 Å². The van der Waals surface area contributed by atoms with Gasteiger partial charge in [0.15, 0.2) is 11.2 Å². The van der Waals surface area contributed by atoms with Gasteiger partial charge in [0.1, 0.15) is 0 Å². The summed E-state index contributed by atoms with van der Waals surface area (Å²) in [5, 5.41) is 4.19. The Labute approximate surface area is 171 Å². The Bertz CT molecular complexity index is 1110. The molecular weight excluding hydrogens is 405 g/mol. The Hall–Kier alpha value is -2.29. The highest BCUT2D eigenvalue weighted by molar-refractivity contribution is 6.36. The van der Waals surface area contributed by atoms with E-state index in [1.807, 2.05) is 0 Å². The standard InChI is InChI=1S/C18H21Cl2N5O3/c1-23-15-14(16(26)24(2)18(23)27)25(17(22-15)21-8-5-9-28-3)10-11-12(19)6-4-7-13(11)20/h4,6-7H,5,8-10H2,1-3H3,(H,21,22). The average molecular weight is 426 g/mol. The van der Waals surface area contributed by atoms with E-state index in [1.165, 1.54) is 11.6 Å². The van der Waals surface area contributed by atoms with Crippen LogP contribution in [0.1, 0.15) is 12.0 Å². The number of nitrogens with zero attached hydrogens (tertiary/aromatic N) is 4. The molecule has 3 aromatic rings. The van der Waals surface area contributed by atoms with Crippen LogP contribution in [0.2, 0.25) is 10.0 Å². The topological polar surface area (TPSA) is 83.1 Å². The van der Waals surface area contributed by atoms with Crippen molar-refractivity contribution in [2.45, 2.75) is 13.0 Å². The summed E-state index contributed by atoms with van der Waals surface area (Å²) in [4.78, 5) is 29.6. The lowest BCUT2D eigenvalue weighted by molar-refractivity contribution is 0.197. The van der Waals surface area contributed by atoms with E-state index in [4.69, 9.17) is 27.9 Å². The van der Waals surface area contributed by atoms with Crippen molar-refractivity contribution in [1.29, 1.82) is 0 Å². The van der Waals surface area contributed by atoms with E-state index in [-0.39, 0.29) is 6.54 Å². The first-order valence-electron chi connectivity index (χ1n) is 8.68. The van der Waals surface area contributed by atoms with Crippen LogP contribution in [0.4, 0.5) is 5.95 Å². The normalized spacial score (nSPS) is 11.3. The van der Waals surface area contributed by atoms with Crippen LogP contribution in [0.15, 0.2) is 27.8 Å². The zero-order valence-corrected chi connectivity index (χ0v) is 17.3. The Morgan fingerprint density at radius 3 is 2.46 bits per heavy atom. The molecule has 0 atom stereocenters. The predicted molar refractivity (Wildman–Crippen MR) is 111 cm³/mol. The molecule has 0 spiro atoms. The first-order valence-corrected chi connectivity index (χ1v) is 9.44. The number of rotatable bonds is 7. The molecule has 1 N–H and O–H groups in total. The van der Waals surface area contributed by atoms with E-state index >= 15 is 0 Å². The number of hydrogen-bond acceptors (Lipinski definition) is 5. The zero-order valence-electron chi connectivity index (χ0n) is 15.8. The highest BCUT2D eigenvalue weighted by atomic mass is 35.5. The maximum absolute atomic E-state index is 12.8. The Morgan fingerprint density at radius 2 is 1.82 bits per heavy atom. The van der Waals surface area contributed by atoms with Gasteiger partial charge in [0.05, 0.1) is 6.54 Å². The lowest BCUT2D eigenvalue weighted by Gasteiger charge is -2.13. The summed E-state index contributed by atoms with van der Waals surface area (Å²) >= 11 is 12.7. The number of nitrogens with one attached hydrogen (secondary N) is 1.